The van der Waals surface area contributed by atoms with Gasteiger partial charge in [0.15, 0.2) is 11.6 Å². The minimum Gasteiger partial charge on any atom is -0.494 e. The number of hydrazine groups is 1. The molecule has 0 unspecified atom stereocenters. The molecular weight excluding hydrogens is 621 g/mol. The Morgan fingerprint density at radius 2 is 1.80 bits per heavy atom. The molecule has 1 amide bonds. The van der Waals surface area contributed by atoms with Crippen molar-refractivity contribution in [1.82, 2.24) is 10.9 Å². The molecule has 4 N–H and O–H groups in total. The van der Waals surface area contributed by atoms with E-state index in [0.717, 1.165) is 19.3 Å². The Labute approximate surface area is 274 Å². The molecule has 1 aliphatic carbocycles. The number of halogens is 2. The number of aliphatic hydroxyl groups is 2. The zero-order chi connectivity index (χ0) is 32.7. The molecule has 2 atom stereocenters. The van der Waals surface area contributed by atoms with Gasteiger partial charge in [-0.25, -0.2) is 10.4 Å². The smallest absolute Gasteiger partial charge is 0.306 e. The highest BCUT2D eigenvalue weighted by Crippen LogP contribution is 2.45. The Bertz CT molecular complexity index is 1360. The lowest BCUT2D eigenvalue weighted by atomic mass is 9.83. The maximum Gasteiger partial charge on any atom is 0.306 e. The van der Waals surface area contributed by atoms with E-state index in [1.54, 1.807) is 63.2 Å². The average molecular weight is 665 g/mol. The highest BCUT2D eigenvalue weighted by Gasteiger charge is 2.54. The first-order valence-corrected chi connectivity index (χ1v) is 16.1. The summed E-state index contributed by atoms with van der Waals surface area (Å²) in [6, 6.07) is 11.9. The van der Waals surface area contributed by atoms with Crippen molar-refractivity contribution in [3.63, 3.8) is 0 Å². The Morgan fingerprint density at radius 1 is 1.09 bits per heavy atom. The molecule has 1 heterocycles. The standard InChI is InChI=1S/C33H43Cl2N3O7/c1-31(2,3)45-27(40)14-17-33(30(41)38-36-21-32(42)15-5-4-6-16-32)28(25-13-10-23(34)20-26(25)35)44-29(37-33)22-8-11-24(12-9-22)43-19-7-18-39/h8-13,20,28,36,39,42H,4-7,14-19,21H2,1-3H3,(H,38,41)/t28-,33-/m0/s1. The highest BCUT2D eigenvalue weighted by molar-refractivity contribution is 6.35. The lowest BCUT2D eigenvalue weighted by molar-refractivity contribution is -0.155. The summed E-state index contributed by atoms with van der Waals surface area (Å²) >= 11 is 12.9. The van der Waals surface area contributed by atoms with Crippen molar-refractivity contribution < 1.29 is 34.0 Å². The molecule has 45 heavy (non-hydrogen) atoms. The molecular formula is C33H43Cl2N3O7. The Balaban J connectivity index is 1.69. The number of amides is 1. The van der Waals surface area contributed by atoms with Crippen molar-refractivity contribution in [3.8, 4) is 5.75 Å². The van der Waals surface area contributed by atoms with E-state index < -0.39 is 34.7 Å². The number of esters is 1. The van der Waals surface area contributed by atoms with E-state index in [9.17, 15) is 14.7 Å². The summed E-state index contributed by atoms with van der Waals surface area (Å²) < 4.78 is 17.7. The average Bonchev–Trinajstić information content (AvgIpc) is 3.36. The van der Waals surface area contributed by atoms with Crippen LogP contribution in [0.5, 0.6) is 5.75 Å². The topological polar surface area (TPSA) is 139 Å². The third-order valence-electron chi connectivity index (χ3n) is 7.81. The largest absolute Gasteiger partial charge is 0.494 e. The van der Waals surface area contributed by atoms with Gasteiger partial charge in [0.25, 0.3) is 5.91 Å². The molecule has 1 saturated carbocycles. The van der Waals surface area contributed by atoms with Crippen molar-refractivity contribution in [2.75, 3.05) is 19.8 Å². The van der Waals surface area contributed by atoms with Gasteiger partial charge in [0, 0.05) is 47.2 Å². The number of hydrogen-bond donors (Lipinski definition) is 4. The molecule has 0 aromatic heterocycles. The zero-order valence-corrected chi connectivity index (χ0v) is 27.5. The van der Waals surface area contributed by atoms with Crippen LogP contribution in [0.3, 0.4) is 0 Å². The summed E-state index contributed by atoms with van der Waals surface area (Å²) in [5, 5.41) is 20.7. The van der Waals surface area contributed by atoms with E-state index in [4.69, 9.17) is 47.5 Å². The first-order chi connectivity index (χ1) is 21.3. The molecule has 2 aliphatic rings. The molecule has 0 bridgehead atoms. The van der Waals surface area contributed by atoms with Gasteiger partial charge in [0.2, 0.25) is 5.90 Å². The molecule has 4 rings (SSSR count). The molecule has 2 aromatic rings. The van der Waals surface area contributed by atoms with Gasteiger partial charge in [-0.15, -0.1) is 0 Å². The van der Waals surface area contributed by atoms with Gasteiger partial charge < -0.3 is 24.4 Å². The van der Waals surface area contributed by atoms with Crippen LogP contribution in [0.2, 0.25) is 10.0 Å². The van der Waals surface area contributed by atoms with Gasteiger partial charge in [0.05, 0.1) is 12.2 Å². The van der Waals surface area contributed by atoms with E-state index in [1.165, 1.54) is 0 Å². The molecule has 246 valence electrons. The van der Waals surface area contributed by atoms with Crippen molar-refractivity contribution in [1.29, 1.82) is 0 Å². The predicted molar refractivity (Wildman–Crippen MR) is 172 cm³/mol. The van der Waals surface area contributed by atoms with Crippen molar-refractivity contribution in [3.05, 3.63) is 63.6 Å². The van der Waals surface area contributed by atoms with Crippen LogP contribution in [0.4, 0.5) is 0 Å². The van der Waals surface area contributed by atoms with Crippen molar-refractivity contribution >= 4 is 41.0 Å². The van der Waals surface area contributed by atoms with Crippen molar-refractivity contribution in [2.45, 2.75) is 95.0 Å². The third kappa shape index (κ3) is 9.33. The Hall–Kier alpha value is -2.89. The van der Waals surface area contributed by atoms with E-state index in [-0.39, 0.29) is 36.9 Å². The van der Waals surface area contributed by atoms with Crippen LogP contribution in [0.1, 0.15) is 89.4 Å². The number of rotatable bonds is 13. The van der Waals surface area contributed by atoms with Gasteiger partial charge in [-0.2, -0.15) is 0 Å². The monoisotopic (exact) mass is 663 g/mol. The predicted octanol–water partition coefficient (Wildman–Crippen LogP) is 5.45. The Kier molecular flexibility index (Phi) is 11.8. The fourth-order valence-corrected chi connectivity index (χ4v) is 6.04. The number of ether oxygens (including phenoxy) is 3. The number of nitrogens with one attached hydrogen (secondary N) is 2. The summed E-state index contributed by atoms with van der Waals surface area (Å²) in [4.78, 5) is 32.1. The van der Waals surface area contributed by atoms with Crippen LogP contribution in [0.25, 0.3) is 0 Å². The molecule has 0 spiro atoms. The zero-order valence-electron chi connectivity index (χ0n) is 26.0. The van der Waals surface area contributed by atoms with Crippen LogP contribution in [0.15, 0.2) is 47.5 Å². The second-order valence-corrected chi connectivity index (χ2v) is 13.5. The summed E-state index contributed by atoms with van der Waals surface area (Å²) in [7, 11) is 0. The van der Waals surface area contributed by atoms with E-state index in [0.29, 0.717) is 47.8 Å². The molecule has 0 radical (unpaired) electrons. The van der Waals surface area contributed by atoms with E-state index >= 15 is 0 Å². The summed E-state index contributed by atoms with van der Waals surface area (Å²) in [5.74, 6) is -0.270. The van der Waals surface area contributed by atoms with E-state index in [1.807, 2.05) is 0 Å². The number of benzene rings is 2. The summed E-state index contributed by atoms with van der Waals surface area (Å²) in [6.45, 7) is 5.86. The van der Waals surface area contributed by atoms with Crippen LogP contribution in [-0.4, -0.2) is 64.5 Å². The summed E-state index contributed by atoms with van der Waals surface area (Å²) in [6.07, 6.45) is 3.44. The van der Waals surface area contributed by atoms with Crippen LogP contribution < -0.4 is 15.6 Å². The van der Waals surface area contributed by atoms with Crippen LogP contribution in [0, 0.1) is 0 Å². The SMILES string of the molecule is CC(C)(C)OC(=O)CC[C@]1(C(=O)NNCC2(O)CCCCC2)N=C(c2ccc(OCCCO)cc2)O[C@H]1c1ccc(Cl)cc1Cl. The summed E-state index contributed by atoms with van der Waals surface area (Å²) in [5.41, 5.74) is 3.42. The third-order valence-corrected chi connectivity index (χ3v) is 8.37. The quantitative estimate of drug-likeness (QED) is 0.126. The number of hydrogen-bond acceptors (Lipinski definition) is 9. The molecule has 12 heteroatoms. The van der Waals surface area contributed by atoms with E-state index in [2.05, 4.69) is 10.9 Å². The van der Waals surface area contributed by atoms with Gasteiger partial charge in [-0.1, -0.05) is 48.5 Å². The van der Waals surface area contributed by atoms with Gasteiger partial charge in [0.1, 0.15) is 11.4 Å². The molecule has 0 saturated heterocycles. The minimum atomic E-state index is -1.65. The van der Waals surface area contributed by atoms with Gasteiger partial charge in [-0.3, -0.25) is 15.0 Å². The normalized spacial score (nSPS) is 21.0. The first kappa shape index (κ1) is 35.0. The van der Waals surface area contributed by atoms with Gasteiger partial charge in [-0.05, 0) is 76.4 Å². The number of carbonyl (C=O) groups is 2. The van der Waals surface area contributed by atoms with Crippen molar-refractivity contribution in [2.24, 2.45) is 4.99 Å². The lowest BCUT2D eigenvalue weighted by Crippen LogP contribution is -2.56. The molecule has 1 fully saturated rings. The molecule has 1 aliphatic heterocycles. The van der Waals surface area contributed by atoms with Crippen LogP contribution in [-0.2, 0) is 19.1 Å². The fourth-order valence-electron chi connectivity index (χ4n) is 5.53. The number of aliphatic imine (C=N–C) groups is 1. The second kappa shape index (κ2) is 15.1. The second-order valence-electron chi connectivity index (χ2n) is 12.6. The minimum absolute atomic E-state index is 0.0267. The molecule has 10 nitrogen and oxygen atoms in total. The first-order valence-electron chi connectivity index (χ1n) is 15.4. The van der Waals surface area contributed by atoms with Gasteiger partial charge >= 0.3 is 5.97 Å². The maximum absolute atomic E-state index is 14.2. The number of carbonyl (C=O) groups excluding carboxylic acids is 2. The molecule has 2 aromatic carbocycles. The Morgan fingerprint density at radius 3 is 2.44 bits per heavy atom. The highest BCUT2D eigenvalue weighted by atomic mass is 35.5. The lowest BCUT2D eigenvalue weighted by Gasteiger charge is -2.34. The number of aliphatic hydroxyl groups excluding tert-OH is 1. The number of nitrogens with zero attached hydrogens (tertiary/aromatic N) is 1. The maximum atomic E-state index is 14.2. The van der Waals surface area contributed by atoms with Crippen LogP contribution >= 0.6 is 23.2 Å². The fraction of sp³-hybridized carbons (Fsp3) is 0.545.